The molecule has 2 amide bonds. The maximum absolute atomic E-state index is 12.6. The van der Waals surface area contributed by atoms with Gasteiger partial charge in [0.05, 0.1) is 11.3 Å². The summed E-state index contributed by atoms with van der Waals surface area (Å²) < 4.78 is 0. The lowest BCUT2D eigenvalue weighted by Gasteiger charge is -2.12. The van der Waals surface area contributed by atoms with Crippen LogP contribution in [0.3, 0.4) is 0 Å². The number of hydrogen-bond donors (Lipinski definition) is 2. The molecule has 0 aliphatic rings. The normalized spacial score (nSPS) is 10.3. The molecule has 4 nitrogen and oxygen atoms in total. The number of carbonyl (C=O) groups excluding carboxylic acids is 2. The number of amides is 2. The number of halogens is 1. The van der Waals surface area contributed by atoms with E-state index in [1.54, 1.807) is 36.4 Å². The van der Waals surface area contributed by atoms with Gasteiger partial charge in [0.15, 0.2) is 0 Å². The van der Waals surface area contributed by atoms with Crippen LogP contribution < -0.4 is 10.6 Å². The van der Waals surface area contributed by atoms with E-state index in [-0.39, 0.29) is 11.8 Å². The SMILES string of the molecule is O=C(CCc1ccc(Cl)cc1)Nc1ccccc1C(=O)NCc1ccccc1. The molecule has 0 fully saturated rings. The Bertz CT molecular complexity index is 940. The highest BCUT2D eigenvalue weighted by atomic mass is 35.5. The van der Waals surface area contributed by atoms with Gasteiger partial charge in [-0.3, -0.25) is 9.59 Å². The summed E-state index contributed by atoms with van der Waals surface area (Å²) in [4.78, 5) is 24.9. The summed E-state index contributed by atoms with van der Waals surface area (Å²) in [5.41, 5.74) is 3.00. The molecule has 0 unspecified atom stereocenters. The lowest BCUT2D eigenvalue weighted by atomic mass is 10.1. The van der Waals surface area contributed by atoms with Crippen LogP contribution in [0.4, 0.5) is 5.69 Å². The van der Waals surface area contributed by atoms with E-state index in [1.807, 2.05) is 42.5 Å². The minimum atomic E-state index is -0.225. The van der Waals surface area contributed by atoms with E-state index in [0.717, 1.165) is 11.1 Å². The molecule has 0 atom stereocenters. The first-order chi connectivity index (χ1) is 13.6. The van der Waals surface area contributed by atoms with E-state index in [2.05, 4.69) is 10.6 Å². The van der Waals surface area contributed by atoms with Gasteiger partial charge in [-0.1, -0.05) is 66.2 Å². The average molecular weight is 393 g/mol. The highest BCUT2D eigenvalue weighted by molar-refractivity contribution is 6.30. The molecule has 3 aromatic rings. The maximum atomic E-state index is 12.6. The molecule has 5 heteroatoms. The van der Waals surface area contributed by atoms with Gasteiger partial charge in [-0.2, -0.15) is 0 Å². The molecular weight excluding hydrogens is 372 g/mol. The van der Waals surface area contributed by atoms with Crippen molar-refractivity contribution >= 4 is 29.1 Å². The molecule has 0 saturated carbocycles. The number of benzene rings is 3. The highest BCUT2D eigenvalue weighted by Crippen LogP contribution is 2.16. The predicted molar refractivity (Wildman–Crippen MR) is 112 cm³/mol. The Balaban J connectivity index is 1.58. The molecule has 0 heterocycles. The van der Waals surface area contributed by atoms with E-state index in [9.17, 15) is 9.59 Å². The van der Waals surface area contributed by atoms with Crippen molar-refractivity contribution in [3.63, 3.8) is 0 Å². The Morgan fingerprint density at radius 1 is 0.786 bits per heavy atom. The average Bonchev–Trinajstić information content (AvgIpc) is 2.73. The zero-order chi connectivity index (χ0) is 19.8. The number of rotatable bonds is 7. The molecular formula is C23H21ClN2O2. The Labute approximate surface area is 169 Å². The van der Waals surface area contributed by atoms with Gasteiger partial charge in [0, 0.05) is 18.0 Å². The highest BCUT2D eigenvalue weighted by Gasteiger charge is 2.13. The number of aryl methyl sites for hydroxylation is 1. The molecule has 0 aliphatic carbocycles. The van der Waals surface area contributed by atoms with E-state index < -0.39 is 0 Å². The van der Waals surface area contributed by atoms with Crippen molar-refractivity contribution in [1.82, 2.24) is 5.32 Å². The quantitative estimate of drug-likeness (QED) is 0.604. The van der Waals surface area contributed by atoms with Gasteiger partial charge >= 0.3 is 0 Å². The summed E-state index contributed by atoms with van der Waals surface area (Å²) in [6.45, 7) is 0.429. The molecule has 0 radical (unpaired) electrons. The van der Waals surface area contributed by atoms with Gasteiger partial charge in [-0.25, -0.2) is 0 Å². The first-order valence-electron chi connectivity index (χ1n) is 9.07. The van der Waals surface area contributed by atoms with Crippen molar-refractivity contribution in [3.8, 4) is 0 Å². The molecule has 0 bridgehead atoms. The van der Waals surface area contributed by atoms with Crippen LogP contribution in [0.1, 0.15) is 27.9 Å². The van der Waals surface area contributed by atoms with Crippen LogP contribution in [0, 0.1) is 0 Å². The fourth-order valence-electron chi connectivity index (χ4n) is 2.79. The van der Waals surface area contributed by atoms with Crippen molar-refractivity contribution in [2.75, 3.05) is 5.32 Å². The van der Waals surface area contributed by atoms with Crippen molar-refractivity contribution < 1.29 is 9.59 Å². The second-order valence-electron chi connectivity index (χ2n) is 6.39. The summed E-state index contributed by atoms with van der Waals surface area (Å²) in [5.74, 6) is -0.365. The molecule has 0 spiro atoms. The fourth-order valence-corrected chi connectivity index (χ4v) is 2.91. The molecule has 0 aliphatic heterocycles. The van der Waals surface area contributed by atoms with E-state index in [0.29, 0.717) is 35.7 Å². The van der Waals surface area contributed by atoms with Crippen LogP contribution >= 0.6 is 11.6 Å². The predicted octanol–water partition coefficient (Wildman–Crippen LogP) is 4.84. The lowest BCUT2D eigenvalue weighted by molar-refractivity contribution is -0.116. The van der Waals surface area contributed by atoms with Gasteiger partial charge in [-0.05, 0) is 41.8 Å². The first-order valence-corrected chi connectivity index (χ1v) is 9.45. The number of para-hydroxylation sites is 1. The minimum absolute atomic E-state index is 0.141. The summed E-state index contributed by atoms with van der Waals surface area (Å²) in [6.07, 6.45) is 0.924. The van der Waals surface area contributed by atoms with Crippen LogP contribution in [0.25, 0.3) is 0 Å². The van der Waals surface area contributed by atoms with E-state index in [1.165, 1.54) is 0 Å². The van der Waals surface area contributed by atoms with Crippen LogP contribution in [-0.4, -0.2) is 11.8 Å². The third-order valence-electron chi connectivity index (χ3n) is 4.30. The lowest BCUT2D eigenvalue weighted by Crippen LogP contribution is -2.24. The second kappa shape index (κ2) is 9.72. The minimum Gasteiger partial charge on any atom is -0.348 e. The van der Waals surface area contributed by atoms with Crippen LogP contribution in [0.15, 0.2) is 78.9 Å². The Morgan fingerprint density at radius 2 is 1.46 bits per heavy atom. The molecule has 0 aromatic heterocycles. The van der Waals surface area contributed by atoms with Crippen molar-refractivity contribution in [2.45, 2.75) is 19.4 Å². The van der Waals surface area contributed by atoms with Crippen LogP contribution in [-0.2, 0) is 17.8 Å². The third-order valence-corrected chi connectivity index (χ3v) is 4.55. The van der Waals surface area contributed by atoms with Crippen molar-refractivity contribution in [2.24, 2.45) is 0 Å². The van der Waals surface area contributed by atoms with E-state index >= 15 is 0 Å². The van der Waals surface area contributed by atoms with Gasteiger partial charge < -0.3 is 10.6 Å². The topological polar surface area (TPSA) is 58.2 Å². The zero-order valence-electron chi connectivity index (χ0n) is 15.3. The number of carbonyl (C=O) groups is 2. The van der Waals surface area contributed by atoms with Crippen LogP contribution in [0.5, 0.6) is 0 Å². The number of anilines is 1. The number of hydrogen-bond acceptors (Lipinski definition) is 2. The number of nitrogens with one attached hydrogen (secondary N) is 2. The van der Waals surface area contributed by atoms with Crippen molar-refractivity contribution in [3.05, 3.63) is 101 Å². The summed E-state index contributed by atoms with van der Waals surface area (Å²) >= 11 is 5.88. The Kier molecular flexibility index (Phi) is 6.82. The Morgan fingerprint density at radius 3 is 2.21 bits per heavy atom. The van der Waals surface area contributed by atoms with Gasteiger partial charge in [0.1, 0.15) is 0 Å². The van der Waals surface area contributed by atoms with Gasteiger partial charge in [0.25, 0.3) is 5.91 Å². The largest absolute Gasteiger partial charge is 0.348 e. The molecule has 28 heavy (non-hydrogen) atoms. The molecule has 0 saturated heterocycles. The fraction of sp³-hybridized carbons (Fsp3) is 0.130. The second-order valence-corrected chi connectivity index (χ2v) is 6.82. The monoisotopic (exact) mass is 392 g/mol. The van der Waals surface area contributed by atoms with Gasteiger partial charge in [-0.15, -0.1) is 0 Å². The third kappa shape index (κ3) is 5.69. The molecule has 2 N–H and O–H groups in total. The summed E-state index contributed by atoms with van der Waals surface area (Å²) in [6, 6.07) is 24.1. The smallest absolute Gasteiger partial charge is 0.253 e. The van der Waals surface area contributed by atoms with Crippen molar-refractivity contribution in [1.29, 1.82) is 0 Å². The standard InChI is InChI=1S/C23H21ClN2O2/c24-19-13-10-17(11-14-19)12-15-22(27)26-21-9-5-4-8-20(21)23(28)25-16-18-6-2-1-3-7-18/h1-11,13-14H,12,15-16H2,(H,25,28)(H,26,27). The van der Waals surface area contributed by atoms with E-state index in [4.69, 9.17) is 11.6 Å². The molecule has 3 rings (SSSR count). The maximum Gasteiger partial charge on any atom is 0.253 e. The summed E-state index contributed by atoms with van der Waals surface area (Å²) in [5, 5.41) is 6.40. The first kappa shape index (κ1) is 19.6. The molecule has 3 aromatic carbocycles. The van der Waals surface area contributed by atoms with Crippen LogP contribution in [0.2, 0.25) is 5.02 Å². The zero-order valence-corrected chi connectivity index (χ0v) is 16.1. The molecule has 142 valence electrons. The van der Waals surface area contributed by atoms with Gasteiger partial charge in [0.2, 0.25) is 5.91 Å². The Hall–Kier alpha value is -3.11. The summed E-state index contributed by atoms with van der Waals surface area (Å²) in [7, 11) is 0.